The minimum atomic E-state index is -0.308. The minimum absolute atomic E-state index is 0.106. The normalized spacial score (nSPS) is 11.7. The van der Waals surface area contributed by atoms with E-state index in [0.29, 0.717) is 35.3 Å². The van der Waals surface area contributed by atoms with Crippen LogP contribution in [0.3, 0.4) is 0 Å². The van der Waals surface area contributed by atoms with Crippen molar-refractivity contribution in [3.63, 3.8) is 0 Å². The van der Waals surface area contributed by atoms with Gasteiger partial charge in [0.25, 0.3) is 5.91 Å². The van der Waals surface area contributed by atoms with E-state index in [9.17, 15) is 9.59 Å². The second-order valence-electron chi connectivity index (χ2n) is 8.28. The Morgan fingerprint density at radius 2 is 1.86 bits per heavy atom. The highest BCUT2D eigenvalue weighted by atomic mass is 32.2. The summed E-state index contributed by atoms with van der Waals surface area (Å²) in [6, 6.07) is 12.6. The van der Waals surface area contributed by atoms with Crippen LogP contribution in [0.15, 0.2) is 47.6 Å². The van der Waals surface area contributed by atoms with Gasteiger partial charge in [0.2, 0.25) is 5.91 Å². The first-order valence-electron chi connectivity index (χ1n) is 11.7. The number of aromatic nitrogens is 3. The number of nitrogens with one attached hydrogen (secondary N) is 2. The van der Waals surface area contributed by atoms with Crippen molar-refractivity contribution in [1.82, 2.24) is 20.1 Å². The van der Waals surface area contributed by atoms with E-state index in [1.807, 2.05) is 49.8 Å². The smallest absolute Gasteiger partial charge is 0.251 e. The number of hydrogen-bond acceptors (Lipinski definition) is 7. The lowest BCUT2D eigenvalue weighted by molar-refractivity contribution is -0.113. The van der Waals surface area contributed by atoms with Crippen LogP contribution in [0.25, 0.3) is 0 Å². The summed E-state index contributed by atoms with van der Waals surface area (Å²) in [5.41, 5.74) is 3.53. The van der Waals surface area contributed by atoms with Gasteiger partial charge in [-0.25, -0.2) is 0 Å². The second-order valence-corrected chi connectivity index (χ2v) is 10.2. The molecule has 36 heavy (non-hydrogen) atoms. The summed E-state index contributed by atoms with van der Waals surface area (Å²) in [7, 11) is 1.59. The van der Waals surface area contributed by atoms with Crippen molar-refractivity contribution in [2.24, 2.45) is 0 Å². The lowest BCUT2D eigenvalue weighted by Gasteiger charge is -2.19. The van der Waals surface area contributed by atoms with E-state index in [1.165, 1.54) is 11.8 Å². The zero-order valence-electron chi connectivity index (χ0n) is 21.3. The van der Waals surface area contributed by atoms with Gasteiger partial charge in [-0.05, 0) is 75.1 Å². The van der Waals surface area contributed by atoms with E-state index in [1.54, 1.807) is 43.1 Å². The number of amides is 2. The molecule has 2 N–H and O–H groups in total. The molecule has 0 aliphatic carbocycles. The highest BCUT2D eigenvalue weighted by Crippen LogP contribution is 2.25. The van der Waals surface area contributed by atoms with Crippen LogP contribution < -0.4 is 15.4 Å². The van der Waals surface area contributed by atoms with Gasteiger partial charge in [0, 0.05) is 17.8 Å². The van der Waals surface area contributed by atoms with Gasteiger partial charge >= 0.3 is 0 Å². The first-order chi connectivity index (χ1) is 17.4. The lowest BCUT2D eigenvalue weighted by atomic mass is 10.1. The number of carbonyl (C=O) groups excluding carboxylic acids is 2. The third-order valence-electron chi connectivity index (χ3n) is 5.63. The van der Waals surface area contributed by atoms with Crippen molar-refractivity contribution in [2.45, 2.75) is 44.9 Å². The maximum atomic E-state index is 13.0. The first kappa shape index (κ1) is 27.6. The number of rotatable bonds is 12. The summed E-state index contributed by atoms with van der Waals surface area (Å²) in [6.45, 7) is 6.63. The predicted octanol–water partition coefficient (Wildman–Crippen LogP) is 4.88. The van der Waals surface area contributed by atoms with Crippen LogP contribution in [0.4, 0.5) is 5.69 Å². The number of hydrogen-bond donors (Lipinski definition) is 2. The van der Waals surface area contributed by atoms with Crippen LogP contribution in [0.2, 0.25) is 0 Å². The van der Waals surface area contributed by atoms with E-state index >= 15 is 0 Å². The van der Waals surface area contributed by atoms with E-state index in [0.717, 1.165) is 22.6 Å². The van der Waals surface area contributed by atoms with Gasteiger partial charge in [0.05, 0.1) is 18.9 Å². The Balaban J connectivity index is 1.71. The second kappa shape index (κ2) is 13.4. The standard InChI is InChI=1S/C26H33N5O3S2/c1-6-31-24(22(13-14-35-5)28-25(33)19-8-10-20(34-4)11-9-19)29-30-26(31)36-16-23(32)27-21-12-7-17(2)15-18(21)3/h7-12,15,22H,6,13-14,16H2,1-5H3,(H,27,32)(H,28,33)/t22-/m0/s1. The third-order valence-corrected chi connectivity index (χ3v) is 7.24. The summed E-state index contributed by atoms with van der Waals surface area (Å²) in [5.74, 6) is 2.15. The molecule has 10 heteroatoms. The molecule has 1 heterocycles. The van der Waals surface area contributed by atoms with Gasteiger partial charge in [-0.15, -0.1) is 10.2 Å². The van der Waals surface area contributed by atoms with Crippen molar-refractivity contribution in [2.75, 3.05) is 30.2 Å². The predicted molar refractivity (Wildman–Crippen MR) is 147 cm³/mol. The summed E-state index contributed by atoms with van der Waals surface area (Å²) in [4.78, 5) is 25.6. The fraction of sp³-hybridized carbons (Fsp3) is 0.385. The molecule has 1 atom stereocenters. The summed E-state index contributed by atoms with van der Waals surface area (Å²) >= 11 is 3.04. The average molecular weight is 528 g/mol. The number of benzene rings is 2. The molecule has 3 rings (SSSR count). The number of ether oxygens (including phenoxy) is 1. The Morgan fingerprint density at radius 3 is 2.50 bits per heavy atom. The Labute approximate surface area is 221 Å². The summed E-state index contributed by atoms with van der Waals surface area (Å²) in [6.07, 6.45) is 2.74. The molecule has 0 saturated carbocycles. The Hall–Kier alpha value is -2.98. The van der Waals surface area contributed by atoms with Crippen LogP contribution >= 0.6 is 23.5 Å². The number of nitrogens with zero attached hydrogens (tertiary/aromatic N) is 3. The molecule has 3 aromatic rings. The van der Waals surface area contributed by atoms with Gasteiger partial charge in [-0.1, -0.05) is 29.5 Å². The number of anilines is 1. The van der Waals surface area contributed by atoms with Gasteiger partial charge < -0.3 is 19.9 Å². The zero-order chi connectivity index (χ0) is 26.1. The molecule has 0 aliphatic rings. The molecule has 0 aliphatic heterocycles. The summed E-state index contributed by atoms with van der Waals surface area (Å²) in [5, 5.41) is 15.5. The average Bonchev–Trinajstić information content (AvgIpc) is 3.29. The molecule has 0 bridgehead atoms. The van der Waals surface area contributed by atoms with Gasteiger partial charge in [0.1, 0.15) is 5.75 Å². The quantitative estimate of drug-likeness (QED) is 0.324. The molecule has 8 nitrogen and oxygen atoms in total. The Kier molecular flexibility index (Phi) is 10.2. The highest BCUT2D eigenvalue weighted by Gasteiger charge is 2.23. The Morgan fingerprint density at radius 1 is 1.11 bits per heavy atom. The van der Waals surface area contributed by atoms with Crippen molar-refractivity contribution < 1.29 is 14.3 Å². The van der Waals surface area contributed by atoms with Crippen molar-refractivity contribution >= 4 is 41.0 Å². The van der Waals surface area contributed by atoms with Crippen LogP contribution in [-0.2, 0) is 11.3 Å². The molecule has 0 saturated heterocycles. The molecule has 0 unspecified atom stereocenters. The highest BCUT2D eigenvalue weighted by molar-refractivity contribution is 7.99. The largest absolute Gasteiger partial charge is 0.497 e. The SMILES string of the molecule is CCn1c(SCC(=O)Nc2ccc(C)cc2C)nnc1[C@H](CCSC)NC(=O)c1ccc(OC)cc1. The number of aryl methyl sites for hydroxylation is 2. The fourth-order valence-electron chi connectivity index (χ4n) is 3.72. The molecule has 0 fully saturated rings. The van der Waals surface area contributed by atoms with Gasteiger partial charge in [-0.3, -0.25) is 9.59 Å². The Bertz CT molecular complexity index is 1180. The van der Waals surface area contributed by atoms with E-state index in [2.05, 4.69) is 20.8 Å². The molecule has 192 valence electrons. The lowest BCUT2D eigenvalue weighted by Crippen LogP contribution is -2.31. The minimum Gasteiger partial charge on any atom is -0.497 e. The van der Waals surface area contributed by atoms with Gasteiger partial charge in [0.15, 0.2) is 11.0 Å². The third kappa shape index (κ3) is 7.27. The van der Waals surface area contributed by atoms with Crippen LogP contribution in [0.1, 0.15) is 46.7 Å². The molecule has 0 spiro atoms. The molecule has 1 aromatic heterocycles. The van der Waals surface area contributed by atoms with Crippen LogP contribution in [-0.4, -0.2) is 51.5 Å². The maximum absolute atomic E-state index is 13.0. The first-order valence-corrected chi connectivity index (χ1v) is 14.1. The summed E-state index contributed by atoms with van der Waals surface area (Å²) < 4.78 is 7.15. The van der Waals surface area contributed by atoms with Crippen LogP contribution in [0, 0.1) is 13.8 Å². The van der Waals surface area contributed by atoms with E-state index in [4.69, 9.17) is 4.74 Å². The van der Waals surface area contributed by atoms with Crippen LogP contribution in [0.5, 0.6) is 5.75 Å². The number of carbonyl (C=O) groups is 2. The van der Waals surface area contributed by atoms with Crippen molar-refractivity contribution in [3.05, 3.63) is 65.0 Å². The molecule has 2 aromatic carbocycles. The van der Waals surface area contributed by atoms with E-state index in [-0.39, 0.29) is 23.6 Å². The topological polar surface area (TPSA) is 98.1 Å². The van der Waals surface area contributed by atoms with Gasteiger partial charge in [-0.2, -0.15) is 11.8 Å². The van der Waals surface area contributed by atoms with Crippen molar-refractivity contribution in [3.8, 4) is 5.75 Å². The molecule has 2 amide bonds. The van der Waals surface area contributed by atoms with Crippen molar-refractivity contribution in [1.29, 1.82) is 0 Å². The maximum Gasteiger partial charge on any atom is 0.251 e. The monoisotopic (exact) mass is 527 g/mol. The fourth-order valence-corrected chi connectivity index (χ4v) is 5.00. The molecular weight excluding hydrogens is 494 g/mol. The zero-order valence-corrected chi connectivity index (χ0v) is 23.0. The molecular formula is C26H33N5O3S2. The number of methoxy groups -OCH3 is 1. The number of thioether (sulfide) groups is 2. The molecule has 0 radical (unpaired) electrons. The van der Waals surface area contributed by atoms with E-state index < -0.39 is 0 Å².